The first-order valence-electron chi connectivity index (χ1n) is 4.45. The van der Waals surface area contributed by atoms with Gasteiger partial charge in [0.15, 0.2) is 5.11 Å². The molecule has 0 aromatic heterocycles. The van der Waals surface area contributed by atoms with Crippen LogP contribution in [0.2, 0.25) is 0 Å². The van der Waals surface area contributed by atoms with Crippen LogP contribution in [0.1, 0.15) is 12.8 Å². The molecule has 0 saturated heterocycles. The molecule has 0 aliphatic heterocycles. The van der Waals surface area contributed by atoms with Gasteiger partial charge in [-0.1, -0.05) is 0 Å². The Morgan fingerprint density at radius 3 is 2.64 bits per heavy atom. The van der Waals surface area contributed by atoms with Crippen molar-refractivity contribution >= 4 is 23.2 Å². The molecule has 4 N–H and O–H groups in total. The Balaban J connectivity index is 3.24. The number of carbonyl (C=O) groups is 1. The van der Waals surface area contributed by atoms with Gasteiger partial charge in [-0.25, -0.2) is 0 Å². The molecule has 1 amide bonds. The van der Waals surface area contributed by atoms with E-state index in [4.69, 9.17) is 22.7 Å². The molecule has 0 aromatic rings. The minimum absolute atomic E-state index is 0.292. The molecule has 0 bridgehead atoms. The molecule has 0 rings (SSSR count). The summed E-state index contributed by atoms with van der Waals surface area (Å²) < 4.78 is 4.87. The van der Waals surface area contributed by atoms with Gasteiger partial charge in [0.1, 0.15) is 0 Å². The number of thiocarbonyl (C=S) groups is 1. The molecule has 0 spiro atoms. The predicted molar refractivity (Wildman–Crippen MR) is 58.9 cm³/mol. The van der Waals surface area contributed by atoms with Crippen LogP contribution in [0.4, 0.5) is 0 Å². The summed E-state index contributed by atoms with van der Waals surface area (Å²) in [7, 11) is 1.66. The highest BCUT2D eigenvalue weighted by Gasteiger charge is 1.96. The monoisotopic (exact) mass is 219 g/mol. The fraction of sp³-hybridized carbons (Fsp3) is 0.750. The summed E-state index contributed by atoms with van der Waals surface area (Å²) in [5.41, 5.74) is 4.96. The van der Waals surface area contributed by atoms with E-state index < -0.39 is 0 Å². The minimum Gasteiger partial charge on any atom is -0.385 e. The molecular weight excluding hydrogens is 202 g/mol. The molecule has 0 unspecified atom stereocenters. The van der Waals surface area contributed by atoms with Crippen molar-refractivity contribution in [1.82, 2.24) is 10.6 Å². The van der Waals surface area contributed by atoms with E-state index in [9.17, 15) is 4.79 Å². The van der Waals surface area contributed by atoms with Gasteiger partial charge >= 0.3 is 0 Å². The Morgan fingerprint density at radius 2 is 2.07 bits per heavy atom. The molecule has 82 valence electrons. The van der Waals surface area contributed by atoms with Crippen LogP contribution in [0.15, 0.2) is 0 Å². The summed E-state index contributed by atoms with van der Waals surface area (Å²) in [5.74, 6) is -0.334. The van der Waals surface area contributed by atoms with Crippen LogP contribution in [-0.2, 0) is 9.53 Å². The van der Waals surface area contributed by atoms with E-state index in [1.807, 2.05) is 0 Å². The van der Waals surface area contributed by atoms with Gasteiger partial charge in [-0.3, -0.25) is 4.79 Å². The first-order valence-corrected chi connectivity index (χ1v) is 4.86. The number of nitrogens with two attached hydrogens (primary N) is 1. The van der Waals surface area contributed by atoms with Gasteiger partial charge in [0, 0.05) is 33.2 Å². The van der Waals surface area contributed by atoms with Crippen LogP contribution in [-0.4, -0.2) is 37.8 Å². The van der Waals surface area contributed by atoms with Crippen LogP contribution in [0.3, 0.4) is 0 Å². The molecule has 0 atom stereocenters. The molecule has 0 aliphatic rings. The molecule has 14 heavy (non-hydrogen) atoms. The average Bonchev–Trinajstić information content (AvgIpc) is 2.12. The van der Waals surface area contributed by atoms with Gasteiger partial charge in [0.25, 0.3) is 0 Å². The molecule has 0 heterocycles. The second-order valence-corrected chi connectivity index (χ2v) is 3.15. The Morgan fingerprint density at radius 1 is 1.43 bits per heavy atom. The molecule has 5 nitrogen and oxygen atoms in total. The van der Waals surface area contributed by atoms with Gasteiger partial charge in [-0.15, -0.1) is 0 Å². The number of rotatable bonds is 7. The van der Waals surface area contributed by atoms with Crippen molar-refractivity contribution < 1.29 is 9.53 Å². The predicted octanol–water partition coefficient (Wildman–Crippen LogP) is -0.638. The lowest BCUT2D eigenvalue weighted by molar-refractivity contribution is -0.117. The number of amides is 1. The number of nitrogens with one attached hydrogen (secondary N) is 2. The lowest BCUT2D eigenvalue weighted by atomic mass is 10.4. The molecular formula is C8H17N3O2S. The second kappa shape index (κ2) is 8.71. The molecule has 0 aliphatic carbocycles. The molecule has 0 radical (unpaired) electrons. The third-order valence-corrected chi connectivity index (χ3v) is 1.76. The number of primary amides is 1. The highest BCUT2D eigenvalue weighted by molar-refractivity contribution is 7.80. The van der Waals surface area contributed by atoms with Crippen molar-refractivity contribution in [2.24, 2.45) is 5.73 Å². The smallest absolute Gasteiger partial charge is 0.219 e. The van der Waals surface area contributed by atoms with E-state index in [-0.39, 0.29) is 5.91 Å². The van der Waals surface area contributed by atoms with E-state index in [0.29, 0.717) is 24.7 Å². The normalized spacial score (nSPS) is 9.50. The van der Waals surface area contributed by atoms with Gasteiger partial charge in [-0.05, 0) is 18.6 Å². The fourth-order valence-corrected chi connectivity index (χ4v) is 0.984. The average molecular weight is 219 g/mol. The van der Waals surface area contributed by atoms with E-state index in [2.05, 4.69) is 10.6 Å². The van der Waals surface area contributed by atoms with Crippen molar-refractivity contribution in [1.29, 1.82) is 0 Å². The number of ether oxygens (including phenoxy) is 1. The third-order valence-electron chi connectivity index (χ3n) is 1.47. The van der Waals surface area contributed by atoms with E-state index >= 15 is 0 Å². The van der Waals surface area contributed by atoms with Crippen LogP contribution in [0.25, 0.3) is 0 Å². The van der Waals surface area contributed by atoms with Crippen LogP contribution >= 0.6 is 12.2 Å². The van der Waals surface area contributed by atoms with Crippen molar-refractivity contribution in [3.8, 4) is 0 Å². The molecule has 0 saturated carbocycles. The zero-order valence-electron chi connectivity index (χ0n) is 8.34. The zero-order chi connectivity index (χ0) is 10.8. The van der Waals surface area contributed by atoms with Crippen LogP contribution in [0.5, 0.6) is 0 Å². The van der Waals surface area contributed by atoms with Gasteiger partial charge in [0.05, 0.1) is 0 Å². The van der Waals surface area contributed by atoms with Gasteiger partial charge in [0.2, 0.25) is 5.91 Å². The Labute approximate surface area is 89.4 Å². The Hall–Kier alpha value is -0.880. The van der Waals surface area contributed by atoms with Crippen molar-refractivity contribution in [2.75, 3.05) is 26.8 Å². The lowest BCUT2D eigenvalue weighted by Gasteiger charge is -2.08. The van der Waals surface area contributed by atoms with Gasteiger partial charge in [-0.2, -0.15) is 0 Å². The fourth-order valence-electron chi connectivity index (χ4n) is 0.780. The topological polar surface area (TPSA) is 76.4 Å². The summed E-state index contributed by atoms with van der Waals surface area (Å²) in [6.07, 6.45) is 1.19. The first-order chi connectivity index (χ1) is 6.66. The van der Waals surface area contributed by atoms with E-state index in [1.54, 1.807) is 7.11 Å². The summed E-state index contributed by atoms with van der Waals surface area (Å²) >= 11 is 4.94. The second-order valence-electron chi connectivity index (χ2n) is 2.75. The standard InChI is InChI=1S/C8H17N3O2S/c1-13-6-2-4-10-8(14)11-5-3-7(9)12/h2-6H2,1H3,(H2,9,12)(H2,10,11,14). The number of methoxy groups -OCH3 is 1. The number of hydrogen-bond donors (Lipinski definition) is 3. The first kappa shape index (κ1) is 13.1. The highest BCUT2D eigenvalue weighted by atomic mass is 32.1. The molecule has 0 fully saturated rings. The van der Waals surface area contributed by atoms with Crippen molar-refractivity contribution in [3.63, 3.8) is 0 Å². The lowest BCUT2D eigenvalue weighted by Crippen LogP contribution is -2.37. The summed E-state index contributed by atoms with van der Waals surface area (Å²) in [6, 6.07) is 0. The minimum atomic E-state index is -0.334. The maximum Gasteiger partial charge on any atom is 0.219 e. The van der Waals surface area contributed by atoms with Crippen molar-refractivity contribution in [3.05, 3.63) is 0 Å². The maximum absolute atomic E-state index is 10.4. The summed E-state index contributed by atoms with van der Waals surface area (Å²) in [4.78, 5) is 10.4. The Kier molecular flexibility index (Phi) is 8.16. The third kappa shape index (κ3) is 9.21. The molecule has 6 heteroatoms. The number of carbonyl (C=O) groups excluding carboxylic acids is 1. The summed E-state index contributed by atoms with van der Waals surface area (Å²) in [6.45, 7) is 1.94. The zero-order valence-corrected chi connectivity index (χ0v) is 9.15. The van der Waals surface area contributed by atoms with Crippen LogP contribution in [0, 0.1) is 0 Å². The largest absolute Gasteiger partial charge is 0.385 e. The van der Waals surface area contributed by atoms with Crippen LogP contribution < -0.4 is 16.4 Å². The molecule has 0 aromatic carbocycles. The van der Waals surface area contributed by atoms with Crippen molar-refractivity contribution in [2.45, 2.75) is 12.8 Å². The van der Waals surface area contributed by atoms with Gasteiger partial charge < -0.3 is 21.1 Å². The Bertz CT molecular complexity index is 187. The van der Waals surface area contributed by atoms with E-state index in [0.717, 1.165) is 13.0 Å². The summed E-state index contributed by atoms with van der Waals surface area (Å²) in [5, 5.41) is 6.39. The SMILES string of the molecule is COCCCNC(=S)NCCC(N)=O. The number of hydrogen-bond acceptors (Lipinski definition) is 3. The maximum atomic E-state index is 10.4. The quantitative estimate of drug-likeness (QED) is 0.392. The van der Waals surface area contributed by atoms with E-state index in [1.165, 1.54) is 0 Å². The highest BCUT2D eigenvalue weighted by Crippen LogP contribution is 1.78.